The lowest BCUT2D eigenvalue weighted by atomic mass is 9.73. The molecule has 2 aromatic heterocycles. The van der Waals surface area contributed by atoms with E-state index in [1.165, 1.54) is 27.9 Å². The van der Waals surface area contributed by atoms with Crippen LogP contribution in [0.5, 0.6) is 0 Å². The van der Waals surface area contributed by atoms with Crippen LogP contribution in [0.25, 0.3) is 54.6 Å². The summed E-state index contributed by atoms with van der Waals surface area (Å²) in [6.45, 7) is 12.3. The number of hydrogen-bond donors (Lipinski definition) is 0. The molecule has 0 bridgehead atoms. The second-order valence-corrected chi connectivity index (χ2v) is 13.2. The fourth-order valence-electron chi connectivity index (χ4n) is 7.78. The zero-order valence-corrected chi connectivity index (χ0v) is 27.3. The van der Waals surface area contributed by atoms with Crippen molar-refractivity contribution in [3.05, 3.63) is 181 Å². The summed E-state index contributed by atoms with van der Waals surface area (Å²) >= 11 is 0. The monoisotopic (exact) mass is 628 g/mol. The first-order chi connectivity index (χ1) is 24.0. The van der Waals surface area contributed by atoms with Gasteiger partial charge in [-0.15, -0.1) is 0 Å². The number of para-hydroxylation sites is 3. The minimum Gasteiger partial charge on any atom is -0.310 e. The Bertz CT molecular complexity index is 2520. The Morgan fingerprint density at radius 2 is 1.20 bits per heavy atom. The van der Waals surface area contributed by atoms with Gasteiger partial charge in [-0.05, 0) is 81.9 Å². The number of fused-ring (bicyclic) bond motifs is 5. The highest BCUT2D eigenvalue weighted by Crippen LogP contribution is 2.52. The second kappa shape index (κ2) is 11.1. The van der Waals surface area contributed by atoms with E-state index in [0.717, 1.165) is 50.0 Å². The van der Waals surface area contributed by atoms with Crippen molar-refractivity contribution < 1.29 is 0 Å². The van der Waals surface area contributed by atoms with Crippen molar-refractivity contribution in [2.24, 2.45) is 0 Å². The normalized spacial score (nSPS) is 13.2. The summed E-state index contributed by atoms with van der Waals surface area (Å²) in [6, 6.07) is 51.7. The molecular formula is C45H32N4. The van der Waals surface area contributed by atoms with Crippen LogP contribution in [-0.2, 0) is 5.41 Å². The number of pyridine rings is 1. The van der Waals surface area contributed by atoms with Gasteiger partial charge in [-0.2, -0.15) is 0 Å². The number of anilines is 3. The van der Waals surface area contributed by atoms with E-state index < -0.39 is 0 Å². The molecule has 6 aromatic carbocycles. The maximum atomic E-state index is 7.66. The molecule has 1 aliphatic rings. The molecule has 8 aromatic rings. The van der Waals surface area contributed by atoms with Gasteiger partial charge in [0.25, 0.3) is 0 Å². The third-order valence-corrected chi connectivity index (χ3v) is 10.1. The molecule has 0 aliphatic carbocycles. The van der Waals surface area contributed by atoms with Crippen molar-refractivity contribution in [1.82, 2.24) is 9.55 Å². The van der Waals surface area contributed by atoms with Crippen LogP contribution in [0, 0.1) is 6.57 Å². The lowest BCUT2D eigenvalue weighted by Crippen LogP contribution is -2.30. The van der Waals surface area contributed by atoms with Gasteiger partial charge in [-0.1, -0.05) is 111 Å². The summed E-state index contributed by atoms with van der Waals surface area (Å²) in [7, 11) is 0. The van der Waals surface area contributed by atoms with E-state index in [9.17, 15) is 0 Å². The average Bonchev–Trinajstić information content (AvgIpc) is 3.49. The van der Waals surface area contributed by atoms with Crippen LogP contribution in [0.15, 0.2) is 158 Å². The van der Waals surface area contributed by atoms with Crippen LogP contribution < -0.4 is 4.90 Å². The summed E-state index contributed by atoms with van der Waals surface area (Å²) < 4.78 is 2.37. The predicted molar refractivity (Wildman–Crippen MR) is 203 cm³/mol. The molecule has 0 N–H and O–H groups in total. The maximum Gasteiger partial charge on any atom is 0.187 e. The van der Waals surface area contributed by atoms with Crippen LogP contribution in [0.1, 0.15) is 25.0 Å². The van der Waals surface area contributed by atoms with Crippen molar-refractivity contribution in [3.8, 4) is 27.9 Å². The second-order valence-electron chi connectivity index (χ2n) is 13.2. The molecule has 9 rings (SSSR count). The quantitative estimate of drug-likeness (QED) is 0.181. The molecule has 3 heterocycles. The largest absolute Gasteiger partial charge is 0.310 e. The van der Waals surface area contributed by atoms with Crippen LogP contribution in [-0.4, -0.2) is 9.55 Å². The van der Waals surface area contributed by atoms with E-state index >= 15 is 0 Å². The SMILES string of the molecule is [C-]#[N+]c1cccc(-c2ccccc2-c2cc(N3c4ccccc4C(C)(C)c4ccccc43)cc(-n3c4ccccc4c4cnccc43)c2)c1. The van der Waals surface area contributed by atoms with Crippen molar-refractivity contribution in [1.29, 1.82) is 0 Å². The van der Waals surface area contributed by atoms with Gasteiger partial charge >= 0.3 is 0 Å². The summed E-state index contributed by atoms with van der Waals surface area (Å²) in [5, 5.41) is 2.29. The van der Waals surface area contributed by atoms with Crippen LogP contribution in [0.3, 0.4) is 0 Å². The zero-order chi connectivity index (χ0) is 33.1. The van der Waals surface area contributed by atoms with E-state index in [1.54, 1.807) is 0 Å². The fraction of sp³-hybridized carbons (Fsp3) is 0.0667. The van der Waals surface area contributed by atoms with E-state index in [1.807, 2.05) is 30.6 Å². The Morgan fingerprint density at radius 3 is 1.96 bits per heavy atom. The zero-order valence-electron chi connectivity index (χ0n) is 27.3. The molecule has 0 atom stereocenters. The number of aromatic nitrogens is 2. The first-order valence-electron chi connectivity index (χ1n) is 16.6. The highest BCUT2D eigenvalue weighted by Gasteiger charge is 2.36. The van der Waals surface area contributed by atoms with Gasteiger partial charge in [0, 0.05) is 40.0 Å². The summed E-state index contributed by atoms with van der Waals surface area (Å²) in [6.07, 6.45) is 3.85. The Kier molecular flexibility index (Phi) is 6.50. The summed E-state index contributed by atoms with van der Waals surface area (Å²) in [4.78, 5) is 10.7. The van der Waals surface area contributed by atoms with Gasteiger partial charge in [0.15, 0.2) is 5.69 Å². The molecule has 232 valence electrons. The Labute approximate surface area is 286 Å². The molecule has 0 saturated carbocycles. The Hall–Kier alpha value is -6.44. The third kappa shape index (κ3) is 4.47. The number of nitrogens with zero attached hydrogens (tertiary/aromatic N) is 4. The molecule has 0 fully saturated rings. The Balaban J connectivity index is 1.37. The summed E-state index contributed by atoms with van der Waals surface area (Å²) in [5.41, 5.74) is 14.1. The van der Waals surface area contributed by atoms with E-state index in [2.05, 4.69) is 161 Å². The number of rotatable bonds is 4. The van der Waals surface area contributed by atoms with Crippen LogP contribution in [0.2, 0.25) is 0 Å². The minimum atomic E-state index is -0.162. The fourth-order valence-corrected chi connectivity index (χ4v) is 7.78. The van der Waals surface area contributed by atoms with Gasteiger partial charge in [0.05, 0.1) is 29.0 Å². The molecule has 49 heavy (non-hydrogen) atoms. The van der Waals surface area contributed by atoms with Crippen LogP contribution in [0.4, 0.5) is 22.7 Å². The number of benzene rings is 6. The van der Waals surface area contributed by atoms with Crippen LogP contribution >= 0.6 is 0 Å². The average molecular weight is 629 g/mol. The Morgan fingerprint density at radius 1 is 0.571 bits per heavy atom. The molecule has 0 saturated heterocycles. The molecule has 1 aliphatic heterocycles. The van der Waals surface area contributed by atoms with Gasteiger partial charge in [0.2, 0.25) is 0 Å². The van der Waals surface area contributed by atoms with E-state index in [0.29, 0.717) is 5.69 Å². The first kappa shape index (κ1) is 28.8. The van der Waals surface area contributed by atoms with Gasteiger partial charge < -0.3 is 9.47 Å². The summed E-state index contributed by atoms with van der Waals surface area (Å²) in [5.74, 6) is 0. The molecule has 4 nitrogen and oxygen atoms in total. The van der Waals surface area contributed by atoms with E-state index in [4.69, 9.17) is 6.57 Å². The lowest BCUT2D eigenvalue weighted by Gasteiger charge is -2.42. The minimum absolute atomic E-state index is 0.162. The van der Waals surface area contributed by atoms with Crippen molar-refractivity contribution in [3.63, 3.8) is 0 Å². The third-order valence-electron chi connectivity index (χ3n) is 10.1. The van der Waals surface area contributed by atoms with Gasteiger partial charge in [-0.25, -0.2) is 4.85 Å². The van der Waals surface area contributed by atoms with Crippen molar-refractivity contribution >= 4 is 44.6 Å². The molecular weight excluding hydrogens is 597 g/mol. The molecule has 4 heteroatoms. The van der Waals surface area contributed by atoms with Gasteiger partial charge in [0.1, 0.15) is 0 Å². The first-order valence-corrected chi connectivity index (χ1v) is 16.6. The van der Waals surface area contributed by atoms with Crippen molar-refractivity contribution in [2.45, 2.75) is 19.3 Å². The number of hydrogen-bond acceptors (Lipinski definition) is 2. The standard InChI is InChI=1S/C45H32N4/c1-45(2)39-18-7-10-21-43(39)49(44-22-11-8-19-40(44)45)34-27-31(36-16-5-4-15-35(36)30-13-12-14-32(25-30)46-3)26-33(28-34)48-41-20-9-6-17-37(41)38-29-47-24-23-42(38)48/h4-29H,1-2H3. The highest BCUT2D eigenvalue weighted by molar-refractivity contribution is 6.09. The predicted octanol–water partition coefficient (Wildman–Crippen LogP) is 12.2. The molecule has 0 unspecified atom stereocenters. The topological polar surface area (TPSA) is 25.4 Å². The molecule has 0 spiro atoms. The molecule has 0 amide bonds. The van der Waals surface area contributed by atoms with Crippen molar-refractivity contribution in [2.75, 3.05) is 4.90 Å². The van der Waals surface area contributed by atoms with E-state index in [-0.39, 0.29) is 5.41 Å². The maximum absolute atomic E-state index is 7.66. The highest BCUT2D eigenvalue weighted by atomic mass is 15.2. The lowest BCUT2D eigenvalue weighted by molar-refractivity contribution is 0.632. The molecule has 0 radical (unpaired) electrons. The van der Waals surface area contributed by atoms with Gasteiger partial charge in [-0.3, -0.25) is 4.98 Å². The smallest absolute Gasteiger partial charge is 0.187 e.